The molecule has 106 valence electrons. The highest BCUT2D eigenvalue weighted by Crippen LogP contribution is 2.24. The Labute approximate surface area is 122 Å². The minimum absolute atomic E-state index is 0.114. The Hall–Kier alpha value is -2.82. The van der Waals surface area contributed by atoms with Gasteiger partial charge in [-0.3, -0.25) is 0 Å². The van der Waals surface area contributed by atoms with Gasteiger partial charge in [-0.1, -0.05) is 18.2 Å². The minimum atomic E-state index is 0.114. The van der Waals surface area contributed by atoms with Crippen molar-refractivity contribution in [3.63, 3.8) is 0 Å². The van der Waals surface area contributed by atoms with Crippen LogP contribution in [-0.2, 0) is 0 Å². The number of benzene rings is 2. The average molecular weight is 281 g/mol. The van der Waals surface area contributed by atoms with Gasteiger partial charge in [0.25, 0.3) is 0 Å². The molecule has 3 rings (SSSR count). The largest absolute Gasteiger partial charge is 0.508 e. The zero-order valence-corrected chi connectivity index (χ0v) is 11.5. The van der Waals surface area contributed by atoms with E-state index in [1.165, 1.54) is 6.39 Å². The van der Waals surface area contributed by atoms with Crippen molar-refractivity contribution in [3.05, 3.63) is 60.5 Å². The number of hydrogen-bond donors (Lipinski definition) is 2. The summed E-state index contributed by atoms with van der Waals surface area (Å²) in [7, 11) is 0. The molecule has 0 saturated heterocycles. The van der Waals surface area contributed by atoms with Crippen LogP contribution in [-0.4, -0.2) is 15.3 Å². The van der Waals surface area contributed by atoms with Gasteiger partial charge in [-0.25, -0.2) is 0 Å². The lowest BCUT2D eigenvalue weighted by molar-refractivity contribution is 0.475. The van der Waals surface area contributed by atoms with E-state index in [1.54, 1.807) is 12.1 Å². The molecule has 21 heavy (non-hydrogen) atoms. The van der Waals surface area contributed by atoms with Crippen LogP contribution >= 0.6 is 0 Å². The van der Waals surface area contributed by atoms with Crippen molar-refractivity contribution in [3.8, 4) is 17.2 Å². The Balaban J connectivity index is 1.78. The molecule has 0 spiro atoms. The van der Waals surface area contributed by atoms with Crippen LogP contribution in [0.1, 0.15) is 18.5 Å². The summed E-state index contributed by atoms with van der Waals surface area (Å²) in [6, 6.07) is 15.1. The quantitative estimate of drug-likeness (QED) is 0.764. The van der Waals surface area contributed by atoms with Crippen LogP contribution in [0, 0.1) is 0 Å². The summed E-state index contributed by atoms with van der Waals surface area (Å²) < 4.78 is 5.20. The topological polar surface area (TPSA) is 71.2 Å². The predicted octanol–water partition coefficient (Wildman–Crippen LogP) is 3.62. The highest BCUT2D eigenvalue weighted by molar-refractivity contribution is 5.61. The molecule has 1 heterocycles. The lowest BCUT2D eigenvalue weighted by Crippen LogP contribution is -2.06. The first kappa shape index (κ1) is 13.2. The summed E-state index contributed by atoms with van der Waals surface area (Å²) in [5, 5.41) is 20.3. The van der Waals surface area contributed by atoms with E-state index >= 15 is 0 Å². The van der Waals surface area contributed by atoms with E-state index < -0.39 is 0 Å². The molecule has 5 heteroatoms. The number of rotatable bonds is 4. The van der Waals surface area contributed by atoms with Crippen LogP contribution in [0.3, 0.4) is 0 Å². The number of anilines is 1. The van der Waals surface area contributed by atoms with Crippen LogP contribution in [0.5, 0.6) is 5.75 Å². The minimum Gasteiger partial charge on any atom is -0.508 e. The van der Waals surface area contributed by atoms with Gasteiger partial charge < -0.3 is 14.8 Å². The van der Waals surface area contributed by atoms with Crippen LogP contribution in [0.4, 0.5) is 5.69 Å². The number of nitrogens with one attached hydrogen (secondary N) is 1. The lowest BCUT2D eigenvalue weighted by Gasteiger charge is -2.16. The van der Waals surface area contributed by atoms with Gasteiger partial charge in [-0.15, -0.1) is 10.2 Å². The number of hydrogen-bond acceptors (Lipinski definition) is 5. The van der Waals surface area contributed by atoms with Gasteiger partial charge in [-0.2, -0.15) is 0 Å². The molecule has 0 saturated carbocycles. The van der Waals surface area contributed by atoms with Gasteiger partial charge >= 0.3 is 0 Å². The normalized spacial score (nSPS) is 12.0. The average Bonchev–Trinajstić information content (AvgIpc) is 3.02. The second kappa shape index (κ2) is 5.66. The Morgan fingerprint density at radius 3 is 2.67 bits per heavy atom. The lowest BCUT2D eigenvalue weighted by atomic mass is 10.1. The van der Waals surface area contributed by atoms with Crippen molar-refractivity contribution < 1.29 is 9.52 Å². The summed E-state index contributed by atoms with van der Waals surface area (Å²) in [4.78, 5) is 0. The fourth-order valence-corrected chi connectivity index (χ4v) is 2.14. The van der Waals surface area contributed by atoms with Crippen molar-refractivity contribution in [1.82, 2.24) is 10.2 Å². The van der Waals surface area contributed by atoms with Gasteiger partial charge in [0.1, 0.15) is 5.75 Å². The number of aromatic nitrogens is 2. The van der Waals surface area contributed by atoms with Gasteiger partial charge in [0.2, 0.25) is 12.3 Å². The molecular formula is C16H15N3O2. The molecule has 1 atom stereocenters. The van der Waals surface area contributed by atoms with E-state index in [2.05, 4.69) is 22.4 Å². The van der Waals surface area contributed by atoms with Gasteiger partial charge in [0, 0.05) is 17.3 Å². The van der Waals surface area contributed by atoms with Crippen molar-refractivity contribution in [2.75, 3.05) is 5.32 Å². The van der Waals surface area contributed by atoms with E-state index in [-0.39, 0.29) is 11.8 Å². The highest BCUT2D eigenvalue weighted by Gasteiger charge is 2.08. The van der Waals surface area contributed by atoms with Crippen LogP contribution in [0.2, 0.25) is 0 Å². The molecule has 0 fully saturated rings. The zero-order valence-electron chi connectivity index (χ0n) is 11.5. The molecule has 0 aliphatic heterocycles. The third kappa shape index (κ3) is 3.02. The van der Waals surface area contributed by atoms with Crippen molar-refractivity contribution in [2.45, 2.75) is 13.0 Å². The molecule has 0 amide bonds. The van der Waals surface area contributed by atoms with Crippen LogP contribution in [0.25, 0.3) is 11.5 Å². The molecule has 0 aliphatic rings. The van der Waals surface area contributed by atoms with Crippen molar-refractivity contribution in [1.29, 1.82) is 0 Å². The molecular weight excluding hydrogens is 266 g/mol. The van der Waals surface area contributed by atoms with E-state index in [0.717, 1.165) is 16.8 Å². The number of phenolic OH excluding ortho intramolecular Hbond substituents is 1. The standard InChI is InChI=1S/C16H15N3O2/c1-11(12-5-7-15(20)8-6-12)18-14-4-2-3-13(9-14)16-19-17-10-21-16/h2-11,18,20H,1H3. The second-order valence-electron chi connectivity index (χ2n) is 4.78. The van der Waals surface area contributed by atoms with Gasteiger partial charge in [-0.05, 0) is 42.8 Å². The smallest absolute Gasteiger partial charge is 0.247 e. The third-order valence-corrected chi connectivity index (χ3v) is 3.25. The molecule has 3 aromatic rings. The fourth-order valence-electron chi connectivity index (χ4n) is 2.14. The van der Waals surface area contributed by atoms with E-state index in [1.807, 2.05) is 36.4 Å². The van der Waals surface area contributed by atoms with Crippen molar-refractivity contribution in [2.24, 2.45) is 0 Å². The first-order chi connectivity index (χ1) is 10.2. The van der Waals surface area contributed by atoms with E-state index in [0.29, 0.717) is 5.89 Å². The molecule has 0 aliphatic carbocycles. The summed E-state index contributed by atoms with van der Waals surface area (Å²) in [6.45, 7) is 2.06. The number of phenols is 1. The maximum Gasteiger partial charge on any atom is 0.247 e. The summed E-state index contributed by atoms with van der Waals surface area (Å²) in [6.07, 6.45) is 1.31. The monoisotopic (exact) mass is 281 g/mol. The molecule has 2 aromatic carbocycles. The Kier molecular flexibility index (Phi) is 3.55. The molecule has 1 unspecified atom stereocenters. The summed E-state index contributed by atoms with van der Waals surface area (Å²) in [5.41, 5.74) is 2.93. The zero-order chi connectivity index (χ0) is 14.7. The number of nitrogens with zero attached hydrogens (tertiary/aromatic N) is 2. The van der Waals surface area contributed by atoms with Crippen LogP contribution in [0.15, 0.2) is 59.3 Å². The Morgan fingerprint density at radius 1 is 1.14 bits per heavy atom. The Morgan fingerprint density at radius 2 is 1.95 bits per heavy atom. The maximum absolute atomic E-state index is 9.33. The SMILES string of the molecule is CC(Nc1cccc(-c2nnco2)c1)c1ccc(O)cc1. The van der Waals surface area contributed by atoms with Gasteiger partial charge in [0.05, 0.1) is 0 Å². The maximum atomic E-state index is 9.33. The van der Waals surface area contributed by atoms with Crippen LogP contribution < -0.4 is 5.32 Å². The molecule has 2 N–H and O–H groups in total. The Bertz CT molecular complexity index is 709. The van der Waals surface area contributed by atoms with Crippen molar-refractivity contribution >= 4 is 5.69 Å². The predicted molar refractivity (Wildman–Crippen MR) is 79.9 cm³/mol. The molecule has 0 radical (unpaired) electrons. The first-order valence-corrected chi connectivity index (χ1v) is 6.64. The number of aromatic hydroxyl groups is 1. The molecule has 5 nitrogen and oxygen atoms in total. The third-order valence-electron chi connectivity index (χ3n) is 3.25. The molecule has 1 aromatic heterocycles. The van der Waals surface area contributed by atoms with E-state index in [9.17, 15) is 5.11 Å². The summed E-state index contributed by atoms with van der Waals surface area (Å²) >= 11 is 0. The van der Waals surface area contributed by atoms with Gasteiger partial charge in [0.15, 0.2) is 0 Å². The fraction of sp³-hybridized carbons (Fsp3) is 0.125. The first-order valence-electron chi connectivity index (χ1n) is 6.64. The summed E-state index contributed by atoms with van der Waals surface area (Å²) in [5.74, 6) is 0.764. The molecule has 0 bridgehead atoms. The second-order valence-corrected chi connectivity index (χ2v) is 4.78. The highest BCUT2D eigenvalue weighted by atomic mass is 16.4. The van der Waals surface area contributed by atoms with E-state index in [4.69, 9.17) is 4.42 Å².